The molecule has 0 saturated carbocycles. The highest BCUT2D eigenvalue weighted by Gasteiger charge is 2.27. The molecule has 0 unspecified atom stereocenters. The number of carbonyl (C=O) groups is 1. The SMILES string of the molecule is COc1cc(OC(=O)N(C)CCCN(C)C)ccc1-c1ccc2c(c1COc1cc(F)ccc1C)C(C)=CC(C)(C)N2.[HH]. The Bertz CT molecular complexity index is 1490. The predicted molar refractivity (Wildman–Crippen MR) is 169 cm³/mol. The number of fused-ring (bicyclic) bond motifs is 1. The molecule has 1 aliphatic rings. The lowest BCUT2D eigenvalue weighted by Crippen LogP contribution is -2.32. The van der Waals surface area contributed by atoms with E-state index in [4.69, 9.17) is 14.2 Å². The first-order valence-corrected chi connectivity index (χ1v) is 14.2. The topological polar surface area (TPSA) is 63.3 Å². The average molecular weight is 578 g/mol. The van der Waals surface area contributed by atoms with Crippen molar-refractivity contribution in [2.45, 2.75) is 46.3 Å². The van der Waals surface area contributed by atoms with Gasteiger partial charge in [0.05, 0.1) is 12.6 Å². The Hall–Kier alpha value is -4.04. The number of halogens is 1. The van der Waals surface area contributed by atoms with E-state index in [2.05, 4.69) is 43.1 Å². The van der Waals surface area contributed by atoms with Crippen LogP contribution in [0.5, 0.6) is 17.2 Å². The number of nitrogens with one attached hydrogen (secondary N) is 1. The van der Waals surface area contributed by atoms with E-state index in [-0.39, 0.29) is 19.4 Å². The van der Waals surface area contributed by atoms with Gasteiger partial charge < -0.3 is 29.3 Å². The van der Waals surface area contributed by atoms with Crippen LogP contribution in [0.4, 0.5) is 14.9 Å². The lowest BCUT2D eigenvalue weighted by atomic mass is 9.85. The minimum atomic E-state index is -0.425. The Morgan fingerprint density at radius 1 is 0.976 bits per heavy atom. The molecule has 0 radical (unpaired) electrons. The molecule has 0 aliphatic carbocycles. The Balaban J connectivity index is 0.00000506. The van der Waals surface area contributed by atoms with Gasteiger partial charge in [0.2, 0.25) is 0 Å². The highest BCUT2D eigenvalue weighted by atomic mass is 19.1. The summed E-state index contributed by atoms with van der Waals surface area (Å²) >= 11 is 0. The molecule has 0 atom stereocenters. The first kappa shape index (κ1) is 30.9. The second kappa shape index (κ2) is 12.9. The van der Waals surface area contributed by atoms with Crippen molar-refractivity contribution in [3.63, 3.8) is 0 Å². The number of carbonyl (C=O) groups excluding carboxylic acids is 1. The maximum absolute atomic E-state index is 14.1. The molecule has 0 spiro atoms. The number of benzene rings is 3. The van der Waals surface area contributed by atoms with E-state index in [9.17, 15) is 9.18 Å². The van der Waals surface area contributed by atoms with Gasteiger partial charge in [0.25, 0.3) is 0 Å². The monoisotopic (exact) mass is 577 g/mol. The molecule has 0 aromatic heterocycles. The molecule has 4 rings (SSSR count). The molecule has 42 heavy (non-hydrogen) atoms. The minimum Gasteiger partial charge on any atom is -0.496 e. The number of ether oxygens (including phenoxy) is 3. The van der Waals surface area contributed by atoms with Gasteiger partial charge in [-0.25, -0.2) is 9.18 Å². The maximum Gasteiger partial charge on any atom is 0.414 e. The lowest BCUT2D eigenvalue weighted by molar-refractivity contribution is 0.161. The molecule has 7 nitrogen and oxygen atoms in total. The summed E-state index contributed by atoms with van der Waals surface area (Å²) in [5.74, 6) is 1.10. The Morgan fingerprint density at radius 3 is 2.43 bits per heavy atom. The molecule has 3 aromatic rings. The van der Waals surface area contributed by atoms with Crippen LogP contribution in [0.25, 0.3) is 16.7 Å². The van der Waals surface area contributed by atoms with Crippen LogP contribution in [0.2, 0.25) is 0 Å². The first-order chi connectivity index (χ1) is 19.9. The summed E-state index contributed by atoms with van der Waals surface area (Å²) < 4.78 is 31.8. The number of hydrogen-bond donors (Lipinski definition) is 1. The summed E-state index contributed by atoms with van der Waals surface area (Å²) in [4.78, 5) is 16.4. The van der Waals surface area contributed by atoms with Gasteiger partial charge in [-0.05, 0) is 95.7 Å². The van der Waals surface area contributed by atoms with E-state index in [0.29, 0.717) is 23.8 Å². The Labute approximate surface area is 250 Å². The van der Waals surface area contributed by atoms with Crippen LogP contribution >= 0.6 is 0 Å². The highest BCUT2D eigenvalue weighted by Crippen LogP contribution is 2.43. The van der Waals surface area contributed by atoms with Gasteiger partial charge in [-0.2, -0.15) is 0 Å². The van der Waals surface area contributed by atoms with Gasteiger partial charge in [0.15, 0.2) is 0 Å². The largest absolute Gasteiger partial charge is 0.496 e. The van der Waals surface area contributed by atoms with Gasteiger partial charge in [-0.15, -0.1) is 0 Å². The van der Waals surface area contributed by atoms with E-state index in [1.807, 2.05) is 33.2 Å². The van der Waals surface area contributed by atoms with Crippen molar-refractivity contribution in [1.82, 2.24) is 9.80 Å². The van der Waals surface area contributed by atoms with E-state index in [1.54, 1.807) is 37.3 Å². The number of methoxy groups -OCH3 is 1. The molecule has 1 heterocycles. The van der Waals surface area contributed by atoms with Gasteiger partial charge in [0, 0.05) is 49.5 Å². The van der Waals surface area contributed by atoms with Crippen LogP contribution in [0, 0.1) is 12.7 Å². The zero-order valence-corrected chi connectivity index (χ0v) is 25.9. The van der Waals surface area contributed by atoms with Crippen LogP contribution in [-0.2, 0) is 6.61 Å². The van der Waals surface area contributed by atoms with Crippen molar-refractivity contribution in [3.8, 4) is 28.4 Å². The molecule has 1 N–H and O–H groups in total. The fourth-order valence-corrected chi connectivity index (χ4v) is 5.33. The van der Waals surface area contributed by atoms with E-state index >= 15 is 0 Å². The third kappa shape index (κ3) is 7.23. The molecular formula is C34H44FN3O4. The highest BCUT2D eigenvalue weighted by molar-refractivity contribution is 5.88. The molecule has 226 valence electrons. The average Bonchev–Trinajstić information content (AvgIpc) is 2.92. The van der Waals surface area contributed by atoms with Crippen molar-refractivity contribution in [2.24, 2.45) is 0 Å². The maximum atomic E-state index is 14.1. The van der Waals surface area contributed by atoms with Gasteiger partial charge in [0.1, 0.15) is 29.7 Å². The molecular weight excluding hydrogens is 533 g/mol. The fourth-order valence-electron chi connectivity index (χ4n) is 5.33. The number of hydrogen-bond acceptors (Lipinski definition) is 6. The number of allylic oxidation sites excluding steroid dienone is 1. The lowest BCUT2D eigenvalue weighted by Gasteiger charge is -2.33. The number of nitrogens with zero attached hydrogens (tertiary/aromatic N) is 2. The van der Waals surface area contributed by atoms with Crippen molar-refractivity contribution in [2.75, 3.05) is 46.7 Å². The van der Waals surface area contributed by atoms with E-state index in [0.717, 1.165) is 52.0 Å². The minimum absolute atomic E-state index is 0. The molecule has 0 fully saturated rings. The molecule has 8 heteroatoms. The smallest absolute Gasteiger partial charge is 0.414 e. The molecule has 3 aromatic carbocycles. The molecule has 0 saturated heterocycles. The Kier molecular flexibility index (Phi) is 9.46. The molecule has 1 amide bonds. The van der Waals surface area contributed by atoms with Crippen LogP contribution < -0.4 is 19.5 Å². The molecule has 0 bridgehead atoms. The Morgan fingerprint density at radius 2 is 1.71 bits per heavy atom. The first-order valence-electron chi connectivity index (χ1n) is 14.2. The van der Waals surface area contributed by atoms with Gasteiger partial charge in [-0.1, -0.05) is 18.2 Å². The standard InChI is InChI=1S/C34H42FN3O4.H2/c1-22-10-11-24(35)18-30(22)41-21-28-26(14-15-29-32(28)23(2)20-34(3,4)36-29)27-13-12-25(19-31(27)40-8)42-33(39)38(7)17-9-16-37(5)6;/h10-15,18-20,36H,9,16-17,21H2,1-8H3;1H. The summed E-state index contributed by atoms with van der Waals surface area (Å²) in [7, 11) is 7.33. The van der Waals surface area contributed by atoms with Gasteiger partial charge in [-0.3, -0.25) is 0 Å². The second-order valence-electron chi connectivity index (χ2n) is 11.7. The third-order valence-electron chi connectivity index (χ3n) is 7.34. The summed E-state index contributed by atoms with van der Waals surface area (Å²) in [6.45, 7) is 9.93. The quantitative estimate of drug-likeness (QED) is 0.267. The number of amides is 1. The number of anilines is 1. The third-order valence-corrected chi connectivity index (χ3v) is 7.34. The number of rotatable bonds is 10. The normalized spacial score (nSPS) is 13.6. The second-order valence-corrected chi connectivity index (χ2v) is 11.7. The summed E-state index contributed by atoms with van der Waals surface area (Å²) in [6, 6.07) is 14.1. The van der Waals surface area contributed by atoms with Crippen LogP contribution in [0.15, 0.2) is 54.6 Å². The summed E-state index contributed by atoms with van der Waals surface area (Å²) in [5.41, 5.74) is 6.48. The van der Waals surface area contributed by atoms with Crippen LogP contribution in [0.3, 0.4) is 0 Å². The van der Waals surface area contributed by atoms with Crippen LogP contribution in [0.1, 0.15) is 45.3 Å². The molecule has 1 aliphatic heterocycles. The van der Waals surface area contributed by atoms with Gasteiger partial charge >= 0.3 is 6.09 Å². The summed E-state index contributed by atoms with van der Waals surface area (Å²) in [6.07, 6.45) is 2.62. The van der Waals surface area contributed by atoms with Crippen molar-refractivity contribution in [1.29, 1.82) is 0 Å². The van der Waals surface area contributed by atoms with Crippen LogP contribution in [-0.4, -0.2) is 62.8 Å². The van der Waals surface area contributed by atoms with Crippen molar-refractivity contribution >= 4 is 17.4 Å². The van der Waals surface area contributed by atoms with E-state index in [1.165, 1.54) is 12.1 Å². The zero-order chi connectivity index (χ0) is 30.6. The predicted octanol–water partition coefficient (Wildman–Crippen LogP) is 7.62. The summed E-state index contributed by atoms with van der Waals surface area (Å²) in [5, 5.41) is 3.61. The van der Waals surface area contributed by atoms with Crippen molar-refractivity contribution in [3.05, 3.63) is 77.1 Å². The fraction of sp³-hybridized carbons (Fsp3) is 0.382. The van der Waals surface area contributed by atoms with E-state index < -0.39 is 6.09 Å². The van der Waals surface area contributed by atoms with Crippen molar-refractivity contribution < 1.29 is 24.8 Å². The number of aryl methyl sites for hydroxylation is 1. The zero-order valence-electron chi connectivity index (χ0n) is 25.9.